The smallest absolute Gasteiger partial charge is 0.253 e. The van der Waals surface area contributed by atoms with Gasteiger partial charge in [-0.3, -0.25) is 4.79 Å². The fraction of sp³-hybridized carbons (Fsp3) is 0.118. The van der Waals surface area contributed by atoms with E-state index in [1.165, 1.54) is 12.1 Å². The second kappa shape index (κ2) is 5.89. The van der Waals surface area contributed by atoms with E-state index in [1.54, 1.807) is 37.4 Å². The van der Waals surface area contributed by atoms with Crippen LogP contribution in [0.15, 0.2) is 48.7 Å². The Morgan fingerprint density at radius 2 is 2.00 bits per heavy atom. The van der Waals surface area contributed by atoms with Crippen molar-refractivity contribution in [3.8, 4) is 0 Å². The van der Waals surface area contributed by atoms with Crippen LogP contribution in [0, 0.1) is 12.7 Å². The number of benzene rings is 1. The summed E-state index contributed by atoms with van der Waals surface area (Å²) in [6, 6.07) is 11.5. The number of aryl methyl sites for hydroxylation is 1. The third kappa shape index (κ3) is 2.93. The number of carbonyl (C=O) groups excluding carboxylic acids is 1. The van der Waals surface area contributed by atoms with Crippen molar-refractivity contribution in [2.24, 2.45) is 0 Å². The van der Waals surface area contributed by atoms with Gasteiger partial charge in [-0.15, -0.1) is 0 Å². The number of nitrogens with zero attached hydrogens (tertiary/aromatic N) is 2. The molecule has 0 atom stereocenters. The molecule has 0 aliphatic heterocycles. The molecule has 1 aromatic carbocycles. The highest BCUT2D eigenvalue weighted by Crippen LogP contribution is 2.14. The van der Waals surface area contributed by atoms with Gasteiger partial charge in [0.2, 0.25) is 0 Å². The van der Waals surface area contributed by atoms with Crippen LogP contribution in [0.3, 0.4) is 0 Å². The van der Waals surface area contributed by atoms with E-state index in [2.05, 4.69) is 15.3 Å². The van der Waals surface area contributed by atoms with E-state index in [9.17, 15) is 9.18 Å². The number of aromatic nitrogens is 2. The van der Waals surface area contributed by atoms with Gasteiger partial charge in [0, 0.05) is 18.1 Å². The van der Waals surface area contributed by atoms with Crippen molar-refractivity contribution in [3.05, 3.63) is 71.3 Å². The van der Waals surface area contributed by atoms with E-state index in [1.807, 2.05) is 6.07 Å². The van der Waals surface area contributed by atoms with Crippen molar-refractivity contribution in [2.75, 3.05) is 0 Å². The van der Waals surface area contributed by atoms with Crippen LogP contribution in [-0.4, -0.2) is 15.9 Å². The normalized spacial score (nSPS) is 10.6. The summed E-state index contributed by atoms with van der Waals surface area (Å²) in [5.41, 5.74) is 2.60. The Labute approximate surface area is 127 Å². The molecule has 1 N–H and O–H groups in total. The predicted molar refractivity (Wildman–Crippen MR) is 81.8 cm³/mol. The molecule has 3 aromatic rings. The van der Waals surface area contributed by atoms with Crippen LogP contribution in [0.5, 0.6) is 0 Å². The maximum Gasteiger partial charge on any atom is 0.253 e. The number of hydrogen-bond donors (Lipinski definition) is 1. The number of amides is 1. The zero-order valence-corrected chi connectivity index (χ0v) is 12.0. The van der Waals surface area contributed by atoms with E-state index < -0.39 is 0 Å². The third-order valence-electron chi connectivity index (χ3n) is 3.39. The van der Waals surface area contributed by atoms with Gasteiger partial charge in [-0.1, -0.05) is 12.1 Å². The van der Waals surface area contributed by atoms with Crippen LogP contribution in [0.1, 0.15) is 21.6 Å². The number of fused-ring (bicyclic) bond motifs is 1. The molecule has 1 amide bonds. The van der Waals surface area contributed by atoms with Crippen molar-refractivity contribution in [1.82, 2.24) is 15.3 Å². The van der Waals surface area contributed by atoms with E-state index in [-0.39, 0.29) is 11.7 Å². The molecule has 110 valence electrons. The van der Waals surface area contributed by atoms with E-state index in [4.69, 9.17) is 0 Å². The molecule has 0 bridgehead atoms. The molecule has 2 aromatic heterocycles. The minimum absolute atomic E-state index is 0.208. The number of carbonyl (C=O) groups is 1. The lowest BCUT2D eigenvalue weighted by Gasteiger charge is -2.08. The fourth-order valence-electron chi connectivity index (χ4n) is 2.20. The summed E-state index contributed by atoms with van der Waals surface area (Å²) in [7, 11) is 0. The average molecular weight is 295 g/mol. The topological polar surface area (TPSA) is 54.9 Å². The Kier molecular flexibility index (Phi) is 3.78. The van der Waals surface area contributed by atoms with Crippen molar-refractivity contribution in [2.45, 2.75) is 13.5 Å². The minimum Gasteiger partial charge on any atom is -0.348 e. The molecule has 2 heterocycles. The van der Waals surface area contributed by atoms with Gasteiger partial charge in [0.1, 0.15) is 5.82 Å². The summed E-state index contributed by atoms with van der Waals surface area (Å²) in [4.78, 5) is 20.8. The van der Waals surface area contributed by atoms with Gasteiger partial charge in [-0.2, -0.15) is 0 Å². The number of pyridine rings is 2. The van der Waals surface area contributed by atoms with Gasteiger partial charge in [0.05, 0.1) is 11.3 Å². The van der Waals surface area contributed by atoms with Gasteiger partial charge >= 0.3 is 0 Å². The van der Waals surface area contributed by atoms with Gasteiger partial charge in [-0.05, 0) is 42.8 Å². The van der Waals surface area contributed by atoms with Gasteiger partial charge < -0.3 is 5.32 Å². The molecule has 3 rings (SSSR count). The molecule has 0 radical (unpaired) electrons. The second-order valence-corrected chi connectivity index (χ2v) is 4.98. The molecule has 22 heavy (non-hydrogen) atoms. The highest BCUT2D eigenvalue weighted by molar-refractivity contribution is 5.98. The maximum atomic E-state index is 12.9. The molecule has 0 aliphatic rings. The zero-order chi connectivity index (χ0) is 15.5. The predicted octanol–water partition coefficient (Wildman–Crippen LogP) is 3.01. The summed E-state index contributed by atoms with van der Waals surface area (Å²) < 4.78 is 12.9. The average Bonchev–Trinajstić information content (AvgIpc) is 2.53. The summed E-state index contributed by atoms with van der Waals surface area (Å²) >= 11 is 0. The Hall–Kier alpha value is -2.82. The van der Waals surface area contributed by atoms with Crippen LogP contribution >= 0.6 is 0 Å². The minimum atomic E-state index is -0.294. The number of hydrogen-bond acceptors (Lipinski definition) is 3. The lowest BCUT2D eigenvalue weighted by Crippen LogP contribution is -2.24. The van der Waals surface area contributed by atoms with Gasteiger partial charge in [0.25, 0.3) is 5.91 Å². The first kappa shape index (κ1) is 14.1. The Bertz CT molecular complexity index is 831. The zero-order valence-electron chi connectivity index (χ0n) is 12.0. The van der Waals surface area contributed by atoms with E-state index in [0.717, 1.165) is 10.9 Å². The lowest BCUT2D eigenvalue weighted by molar-refractivity contribution is 0.0950. The highest BCUT2D eigenvalue weighted by atomic mass is 19.1. The Morgan fingerprint density at radius 1 is 1.23 bits per heavy atom. The summed E-state index contributed by atoms with van der Waals surface area (Å²) in [6.07, 6.45) is 1.67. The van der Waals surface area contributed by atoms with Crippen molar-refractivity contribution in [3.63, 3.8) is 0 Å². The highest BCUT2D eigenvalue weighted by Gasteiger charge is 2.11. The van der Waals surface area contributed by atoms with Crippen LogP contribution in [0.25, 0.3) is 11.0 Å². The van der Waals surface area contributed by atoms with Crippen molar-refractivity contribution >= 4 is 16.9 Å². The molecule has 0 aliphatic carbocycles. The molecular formula is C17H14FN3O. The van der Waals surface area contributed by atoms with Crippen molar-refractivity contribution in [1.29, 1.82) is 0 Å². The van der Waals surface area contributed by atoms with Gasteiger partial charge in [0.15, 0.2) is 5.65 Å². The fourth-order valence-corrected chi connectivity index (χ4v) is 2.20. The lowest BCUT2D eigenvalue weighted by atomic mass is 10.1. The molecule has 0 fully saturated rings. The SMILES string of the molecule is Cc1nc2ncccc2cc1C(=O)NCc1ccc(F)cc1. The van der Waals surface area contributed by atoms with E-state index >= 15 is 0 Å². The summed E-state index contributed by atoms with van der Waals surface area (Å²) in [5.74, 6) is -0.503. The quantitative estimate of drug-likeness (QED) is 0.808. The monoisotopic (exact) mass is 295 g/mol. The number of nitrogens with one attached hydrogen (secondary N) is 1. The van der Waals surface area contributed by atoms with E-state index in [0.29, 0.717) is 23.4 Å². The standard InChI is InChI=1S/C17H14FN3O/c1-11-15(9-13-3-2-8-19-16(13)21-11)17(22)20-10-12-4-6-14(18)7-5-12/h2-9H,10H2,1H3,(H,20,22). The van der Waals surface area contributed by atoms with Gasteiger partial charge in [-0.25, -0.2) is 14.4 Å². The molecule has 0 spiro atoms. The molecular weight excluding hydrogens is 281 g/mol. The second-order valence-electron chi connectivity index (χ2n) is 4.98. The summed E-state index contributed by atoms with van der Waals surface area (Å²) in [6.45, 7) is 2.12. The van der Waals surface area contributed by atoms with Crippen LogP contribution in [0.2, 0.25) is 0 Å². The van der Waals surface area contributed by atoms with Crippen molar-refractivity contribution < 1.29 is 9.18 Å². The first-order valence-electron chi connectivity index (χ1n) is 6.88. The molecule has 0 saturated heterocycles. The molecule has 4 nitrogen and oxygen atoms in total. The molecule has 5 heteroatoms. The first-order chi connectivity index (χ1) is 10.6. The molecule has 0 saturated carbocycles. The van der Waals surface area contributed by atoms with Crippen LogP contribution < -0.4 is 5.32 Å². The number of halogens is 1. The largest absolute Gasteiger partial charge is 0.348 e. The maximum absolute atomic E-state index is 12.9. The first-order valence-corrected chi connectivity index (χ1v) is 6.88. The Balaban J connectivity index is 1.79. The molecule has 0 unspecified atom stereocenters. The summed E-state index contributed by atoms with van der Waals surface area (Å²) in [5, 5.41) is 3.64. The number of rotatable bonds is 3. The van der Waals surface area contributed by atoms with Crippen LogP contribution in [0.4, 0.5) is 4.39 Å². The third-order valence-corrected chi connectivity index (χ3v) is 3.39. The Morgan fingerprint density at radius 3 is 2.77 bits per heavy atom. The van der Waals surface area contributed by atoms with Crippen LogP contribution in [-0.2, 0) is 6.54 Å².